The van der Waals surface area contributed by atoms with Crippen LogP contribution >= 0.6 is 0 Å². The number of carbonyl (C=O) groups excluding carboxylic acids is 3. The van der Waals surface area contributed by atoms with Gasteiger partial charge in [0.15, 0.2) is 0 Å². The number of furan rings is 1. The molecule has 1 aliphatic heterocycles. The van der Waals surface area contributed by atoms with Gasteiger partial charge in [0.2, 0.25) is 11.8 Å². The number of nitrogens with zero attached hydrogens (tertiary/aromatic N) is 1. The molecule has 138 valence electrons. The van der Waals surface area contributed by atoms with E-state index in [4.69, 9.17) is 4.42 Å². The topological polar surface area (TPSA) is 105 Å². The third-order valence-electron chi connectivity index (χ3n) is 4.19. The highest BCUT2D eigenvalue weighted by Crippen LogP contribution is 2.24. The molecular formula is C18H22N4O4. The van der Waals surface area contributed by atoms with E-state index in [1.54, 1.807) is 35.2 Å². The van der Waals surface area contributed by atoms with E-state index in [0.717, 1.165) is 6.42 Å². The molecule has 0 spiro atoms. The SMILES string of the molecule is CCCC(=O)Nc1cc2n(c1)C(CC(=O)NCc1ccco1)CNC2=O. The predicted octanol–water partition coefficient (Wildman–Crippen LogP) is 1.81. The Balaban J connectivity index is 1.65. The van der Waals surface area contributed by atoms with E-state index in [1.807, 2.05) is 6.92 Å². The van der Waals surface area contributed by atoms with Crippen LogP contribution in [-0.4, -0.2) is 28.8 Å². The Labute approximate surface area is 150 Å². The van der Waals surface area contributed by atoms with Crippen molar-refractivity contribution < 1.29 is 18.8 Å². The Morgan fingerprint density at radius 3 is 2.96 bits per heavy atom. The second kappa shape index (κ2) is 7.90. The summed E-state index contributed by atoms with van der Waals surface area (Å²) in [7, 11) is 0. The first-order valence-corrected chi connectivity index (χ1v) is 8.65. The van der Waals surface area contributed by atoms with Crippen LogP contribution in [-0.2, 0) is 16.1 Å². The van der Waals surface area contributed by atoms with Gasteiger partial charge in [-0.3, -0.25) is 14.4 Å². The minimum atomic E-state index is -0.215. The minimum Gasteiger partial charge on any atom is -0.467 e. The van der Waals surface area contributed by atoms with Crippen LogP contribution in [0.25, 0.3) is 0 Å². The molecule has 2 aromatic rings. The van der Waals surface area contributed by atoms with Crippen LogP contribution in [0.1, 0.15) is 48.5 Å². The van der Waals surface area contributed by atoms with Crippen molar-refractivity contribution in [3.05, 3.63) is 42.1 Å². The number of aromatic nitrogens is 1. The molecule has 26 heavy (non-hydrogen) atoms. The van der Waals surface area contributed by atoms with Crippen LogP contribution in [0.15, 0.2) is 35.1 Å². The zero-order chi connectivity index (χ0) is 18.5. The van der Waals surface area contributed by atoms with E-state index >= 15 is 0 Å². The fourth-order valence-electron chi connectivity index (χ4n) is 2.94. The first kappa shape index (κ1) is 17.8. The normalized spacial score (nSPS) is 15.9. The zero-order valence-electron chi connectivity index (χ0n) is 14.6. The largest absolute Gasteiger partial charge is 0.467 e. The van der Waals surface area contributed by atoms with Gasteiger partial charge >= 0.3 is 0 Å². The molecule has 0 aliphatic carbocycles. The summed E-state index contributed by atoms with van der Waals surface area (Å²) in [6, 6.07) is 4.97. The van der Waals surface area contributed by atoms with E-state index in [2.05, 4.69) is 16.0 Å². The molecule has 0 saturated heterocycles. The molecule has 0 saturated carbocycles. The average Bonchev–Trinajstić information content (AvgIpc) is 3.26. The van der Waals surface area contributed by atoms with Gasteiger partial charge in [-0.05, 0) is 24.6 Å². The van der Waals surface area contributed by atoms with Gasteiger partial charge in [0.1, 0.15) is 11.5 Å². The van der Waals surface area contributed by atoms with Gasteiger partial charge < -0.3 is 24.9 Å². The second-order valence-corrected chi connectivity index (χ2v) is 6.24. The summed E-state index contributed by atoms with van der Waals surface area (Å²) in [4.78, 5) is 36.1. The minimum absolute atomic E-state index is 0.0939. The molecule has 0 radical (unpaired) electrons. The monoisotopic (exact) mass is 358 g/mol. The van der Waals surface area contributed by atoms with Crippen molar-refractivity contribution in [1.29, 1.82) is 0 Å². The lowest BCUT2D eigenvalue weighted by molar-refractivity contribution is -0.122. The summed E-state index contributed by atoms with van der Waals surface area (Å²) in [5, 5.41) is 8.37. The van der Waals surface area contributed by atoms with E-state index in [9.17, 15) is 14.4 Å². The standard InChI is InChI=1S/C18H22N4O4/c1-2-4-16(23)21-12-7-15-18(25)20-9-13(22(15)11-12)8-17(24)19-10-14-5-3-6-26-14/h3,5-7,11,13H,2,4,8-10H2,1H3,(H,19,24)(H,20,25)(H,21,23). The molecule has 8 nitrogen and oxygen atoms in total. The Bertz CT molecular complexity index is 794. The molecule has 2 aromatic heterocycles. The van der Waals surface area contributed by atoms with Gasteiger partial charge in [-0.25, -0.2) is 0 Å². The Morgan fingerprint density at radius 1 is 1.38 bits per heavy atom. The lowest BCUT2D eigenvalue weighted by Crippen LogP contribution is -2.40. The number of rotatable bonds is 7. The highest BCUT2D eigenvalue weighted by molar-refractivity contribution is 5.97. The van der Waals surface area contributed by atoms with Crippen LogP contribution in [0.3, 0.4) is 0 Å². The Kier molecular flexibility index (Phi) is 5.40. The highest BCUT2D eigenvalue weighted by atomic mass is 16.3. The van der Waals surface area contributed by atoms with Gasteiger partial charge in [0, 0.05) is 25.6 Å². The van der Waals surface area contributed by atoms with E-state index in [-0.39, 0.29) is 30.2 Å². The molecule has 0 bridgehead atoms. The number of fused-ring (bicyclic) bond motifs is 1. The zero-order valence-corrected chi connectivity index (χ0v) is 14.6. The van der Waals surface area contributed by atoms with Crippen LogP contribution in [0.2, 0.25) is 0 Å². The summed E-state index contributed by atoms with van der Waals surface area (Å²) in [5.41, 5.74) is 1.00. The van der Waals surface area contributed by atoms with Gasteiger partial charge in [0.25, 0.3) is 5.91 Å². The number of nitrogens with one attached hydrogen (secondary N) is 3. The van der Waals surface area contributed by atoms with E-state index in [1.165, 1.54) is 0 Å². The molecule has 3 heterocycles. The maximum absolute atomic E-state index is 12.2. The second-order valence-electron chi connectivity index (χ2n) is 6.24. The van der Waals surface area contributed by atoms with Crippen molar-refractivity contribution in [2.45, 2.75) is 38.8 Å². The Hall–Kier alpha value is -3.03. The summed E-state index contributed by atoms with van der Waals surface area (Å²) < 4.78 is 6.94. The summed E-state index contributed by atoms with van der Waals surface area (Å²) in [6.45, 7) is 2.61. The van der Waals surface area contributed by atoms with Crippen LogP contribution in [0.4, 0.5) is 5.69 Å². The lowest BCUT2D eigenvalue weighted by atomic mass is 10.1. The molecule has 1 aliphatic rings. The molecule has 1 atom stereocenters. The fourth-order valence-corrected chi connectivity index (χ4v) is 2.94. The highest BCUT2D eigenvalue weighted by Gasteiger charge is 2.27. The molecule has 3 amide bonds. The predicted molar refractivity (Wildman–Crippen MR) is 94.5 cm³/mol. The van der Waals surface area contributed by atoms with Crippen LogP contribution in [0.5, 0.6) is 0 Å². The maximum Gasteiger partial charge on any atom is 0.268 e. The Morgan fingerprint density at radius 2 is 2.23 bits per heavy atom. The third kappa shape index (κ3) is 4.14. The molecule has 3 N–H and O–H groups in total. The number of amides is 3. The van der Waals surface area contributed by atoms with Crippen molar-refractivity contribution in [2.24, 2.45) is 0 Å². The smallest absolute Gasteiger partial charge is 0.268 e. The first-order chi connectivity index (χ1) is 12.6. The van der Waals surface area contributed by atoms with Crippen molar-refractivity contribution in [1.82, 2.24) is 15.2 Å². The van der Waals surface area contributed by atoms with Crippen molar-refractivity contribution in [3.8, 4) is 0 Å². The van der Waals surface area contributed by atoms with Gasteiger partial charge in [-0.15, -0.1) is 0 Å². The molecular weight excluding hydrogens is 336 g/mol. The first-order valence-electron chi connectivity index (χ1n) is 8.65. The van der Waals surface area contributed by atoms with Gasteiger partial charge in [0.05, 0.1) is 24.5 Å². The van der Waals surface area contributed by atoms with Crippen LogP contribution in [0, 0.1) is 0 Å². The van der Waals surface area contributed by atoms with Crippen molar-refractivity contribution >= 4 is 23.4 Å². The average molecular weight is 358 g/mol. The molecule has 3 rings (SSSR count). The summed E-state index contributed by atoms with van der Waals surface area (Å²) in [5.74, 6) is 0.230. The van der Waals surface area contributed by atoms with Gasteiger partial charge in [-0.1, -0.05) is 6.92 Å². The van der Waals surface area contributed by atoms with Crippen LogP contribution < -0.4 is 16.0 Å². The summed E-state index contributed by atoms with van der Waals surface area (Å²) >= 11 is 0. The van der Waals surface area contributed by atoms with Crippen molar-refractivity contribution in [2.75, 3.05) is 11.9 Å². The molecule has 8 heteroatoms. The summed E-state index contributed by atoms with van der Waals surface area (Å²) in [6.07, 6.45) is 4.65. The van der Waals surface area contributed by atoms with Crippen molar-refractivity contribution in [3.63, 3.8) is 0 Å². The number of carbonyl (C=O) groups is 3. The number of anilines is 1. The van der Waals surface area contributed by atoms with E-state index in [0.29, 0.717) is 36.7 Å². The molecule has 0 aromatic carbocycles. The lowest BCUT2D eigenvalue weighted by Gasteiger charge is -2.25. The fraction of sp³-hybridized carbons (Fsp3) is 0.389. The maximum atomic E-state index is 12.2. The van der Waals surface area contributed by atoms with E-state index < -0.39 is 0 Å². The third-order valence-corrected chi connectivity index (χ3v) is 4.19. The quantitative estimate of drug-likeness (QED) is 0.702. The molecule has 1 unspecified atom stereocenters. The molecule has 0 fully saturated rings. The number of hydrogen-bond acceptors (Lipinski definition) is 4. The number of hydrogen-bond donors (Lipinski definition) is 3. The van der Waals surface area contributed by atoms with Gasteiger partial charge in [-0.2, -0.15) is 0 Å².